The van der Waals surface area contributed by atoms with E-state index in [0.717, 1.165) is 41.1 Å². The summed E-state index contributed by atoms with van der Waals surface area (Å²) < 4.78 is 10.7. The van der Waals surface area contributed by atoms with E-state index in [-0.39, 0.29) is 0 Å². The molecule has 0 radical (unpaired) electrons. The Morgan fingerprint density at radius 3 is 2.76 bits per heavy atom. The molecule has 1 aliphatic rings. The summed E-state index contributed by atoms with van der Waals surface area (Å²) in [6, 6.07) is 9.84. The Balaban J connectivity index is 1.87. The number of ether oxygens (including phenoxy) is 2. The molecule has 3 heterocycles. The highest BCUT2D eigenvalue weighted by molar-refractivity contribution is 6.08. The van der Waals surface area contributed by atoms with Crippen molar-refractivity contribution in [1.29, 1.82) is 0 Å². The summed E-state index contributed by atoms with van der Waals surface area (Å²) in [7, 11) is 0. The van der Waals surface area contributed by atoms with Crippen LogP contribution in [-0.4, -0.2) is 48.8 Å². The van der Waals surface area contributed by atoms with Crippen molar-refractivity contribution in [1.82, 2.24) is 9.97 Å². The van der Waals surface area contributed by atoms with Crippen molar-refractivity contribution in [3.8, 4) is 0 Å². The SMILES string of the molecule is CCOC(=O)c1cnc2c(N3CCOCC3)nccc2c1Nc1ccccc1C. The summed E-state index contributed by atoms with van der Waals surface area (Å²) in [4.78, 5) is 24.0. The first-order valence-electron chi connectivity index (χ1n) is 9.79. The number of hydrogen-bond donors (Lipinski definition) is 1. The zero-order valence-corrected chi connectivity index (χ0v) is 16.6. The van der Waals surface area contributed by atoms with Gasteiger partial charge in [0.05, 0.1) is 25.5 Å². The largest absolute Gasteiger partial charge is 0.462 e. The van der Waals surface area contributed by atoms with Gasteiger partial charge in [0.1, 0.15) is 11.1 Å². The number of fused-ring (bicyclic) bond motifs is 1. The molecule has 2 aromatic heterocycles. The lowest BCUT2D eigenvalue weighted by Gasteiger charge is -2.28. The molecule has 0 aliphatic carbocycles. The van der Waals surface area contributed by atoms with E-state index in [1.54, 1.807) is 19.3 Å². The van der Waals surface area contributed by atoms with Gasteiger partial charge < -0.3 is 19.7 Å². The summed E-state index contributed by atoms with van der Waals surface area (Å²) >= 11 is 0. The van der Waals surface area contributed by atoms with E-state index < -0.39 is 5.97 Å². The van der Waals surface area contributed by atoms with Gasteiger partial charge in [0, 0.05) is 36.6 Å². The molecular formula is C22H24N4O3. The zero-order chi connectivity index (χ0) is 20.2. The van der Waals surface area contributed by atoms with Crippen LogP contribution in [0, 0.1) is 6.92 Å². The van der Waals surface area contributed by atoms with Gasteiger partial charge in [0.25, 0.3) is 0 Å². The molecule has 1 saturated heterocycles. The molecule has 3 aromatic rings. The Labute approximate surface area is 169 Å². The average Bonchev–Trinajstić information content (AvgIpc) is 2.76. The number of rotatable bonds is 5. The van der Waals surface area contributed by atoms with Crippen molar-refractivity contribution in [2.75, 3.05) is 43.1 Å². The van der Waals surface area contributed by atoms with Crippen molar-refractivity contribution < 1.29 is 14.3 Å². The Morgan fingerprint density at radius 2 is 2.00 bits per heavy atom. The maximum absolute atomic E-state index is 12.6. The fourth-order valence-corrected chi connectivity index (χ4v) is 3.46. The lowest BCUT2D eigenvalue weighted by Crippen LogP contribution is -2.37. The number of carbonyl (C=O) groups excluding carboxylic acids is 1. The number of aromatic nitrogens is 2. The molecule has 7 heteroatoms. The van der Waals surface area contributed by atoms with Gasteiger partial charge in [-0.15, -0.1) is 0 Å². The van der Waals surface area contributed by atoms with Crippen LogP contribution in [0.25, 0.3) is 10.9 Å². The molecule has 29 heavy (non-hydrogen) atoms. The quantitative estimate of drug-likeness (QED) is 0.664. The van der Waals surface area contributed by atoms with Crippen LogP contribution in [-0.2, 0) is 9.47 Å². The standard InChI is InChI=1S/C22H24N4O3/c1-3-29-22(27)17-14-24-20-16(19(17)25-18-7-5-4-6-15(18)2)8-9-23-21(20)26-10-12-28-13-11-26/h4-9,14H,3,10-13H2,1-2H3,(H,24,25). The van der Waals surface area contributed by atoms with E-state index >= 15 is 0 Å². The van der Waals surface area contributed by atoms with Gasteiger partial charge >= 0.3 is 5.97 Å². The monoisotopic (exact) mass is 392 g/mol. The van der Waals surface area contributed by atoms with E-state index in [2.05, 4.69) is 20.2 Å². The molecule has 0 amide bonds. The van der Waals surface area contributed by atoms with E-state index in [0.29, 0.717) is 31.1 Å². The van der Waals surface area contributed by atoms with Crippen molar-refractivity contribution in [3.63, 3.8) is 0 Å². The van der Waals surface area contributed by atoms with Crippen LogP contribution in [0.4, 0.5) is 17.2 Å². The molecular weight excluding hydrogens is 368 g/mol. The highest BCUT2D eigenvalue weighted by Crippen LogP contribution is 2.34. The molecule has 0 saturated carbocycles. The minimum atomic E-state index is -0.400. The molecule has 1 aliphatic heterocycles. The lowest BCUT2D eigenvalue weighted by molar-refractivity contribution is 0.0527. The number of pyridine rings is 2. The van der Waals surface area contributed by atoms with Crippen LogP contribution in [0.15, 0.2) is 42.7 Å². The van der Waals surface area contributed by atoms with Crippen LogP contribution >= 0.6 is 0 Å². The first kappa shape index (κ1) is 19.1. The molecule has 150 valence electrons. The number of esters is 1. The molecule has 0 bridgehead atoms. The van der Waals surface area contributed by atoms with Crippen LogP contribution in [0.1, 0.15) is 22.8 Å². The summed E-state index contributed by atoms with van der Waals surface area (Å²) in [5.74, 6) is 0.400. The normalized spacial score (nSPS) is 14.1. The second-order valence-electron chi connectivity index (χ2n) is 6.84. The molecule has 0 spiro atoms. The first-order valence-corrected chi connectivity index (χ1v) is 9.79. The molecule has 7 nitrogen and oxygen atoms in total. The number of para-hydroxylation sites is 1. The van der Waals surface area contributed by atoms with Gasteiger partial charge in [-0.3, -0.25) is 4.98 Å². The number of aryl methyl sites for hydroxylation is 1. The van der Waals surface area contributed by atoms with Crippen molar-refractivity contribution in [2.24, 2.45) is 0 Å². The Morgan fingerprint density at radius 1 is 1.21 bits per heavy atom. The topological polar surface area (TPSA) is 76.6 Å². The number of carbonyl (C=O) groups is 1. The highest BCUT2D eigenvalue weighted by Gasteiger charge is 2.22. The molecule has 1 N–H and O–H groups in total. The minimum absolute atomic E-state index is 0.302. The van der Waals surface area contributed by atoms with Gasteiger partial charge in [0.2, 0.25) is 0 Å². The van der Waals surface area contributed by atoms with Gasteiger partial charge in [-0.25, -0.2) is 9.78 Å². The fourth-order valence-electron chi connectivity index (χ4n) is 3.46. The average molecular weight is 392 g/mol. The molecule has 1 fully saturated rings. The van der Waals surface area contributed by atoms with E-state index in [1.807, 2.05) is 37.3 Å². The maximum atomic E-state index is 12.6. The third-order valence-electron chi connectivity index (χ3n) is 4.98. The van der Waals surface area contributed by atoms with E-state index in [1.165, 1.54) is 0 Å². The zero-order valence-electron chi connectivity index (χ0n) is 16.6. The van der Waals surface area contributed by atoms with Gasteiger partial charge in [-0.05, 0) is 31.5 Å². The van der Waals surface area contributed by atoms with Crippen molar-refractivity contribution >= 4 is 34.1 Å². The van der Waals surface area contributed by atoms with Crippen LogP contribution in [0.3, 0.4) is 0 Å². The number of hydrogen-bond acceptors (Lipinski definition) is 7. The third-order valence-corrected chi connectivity index (χ3v) is 4.98. The van der Waals surface area contributed by atoms with Gasteiger partial charge in [-0.1, -0.05) is 18.2 Å². The molecule has 1 aromatic carbocycles. The second-order valence-corrected chi connectivity index (χ2v) is 6.84. The predicted molar refractivity (Wildman–Crippen MR) is 113 cm³/mol. The van der Waals surface area contributed by atoms with Crippen LogP contribution in [0.5, 0.6) is 0 Å². The Kier molecular flexibility index (Phi) is 5.57. The second kappa shape index (κ2) is 8.45. The Hall–Kier alpha value is -3.19. The molecule has 4 rings (SSSR count). The fraction of sp³-hybridized carbons (Fsp3) is 0.318. The van der Waals surface area contributed by atoms with Crippen LogP contribution in [0.2, 0.25) is 0 Å². The summed E-state index contributed by atoms with van der Waals surface area (Å²) in [6.07, 6.45) is 3.33. The van der Waals surface area contributed by atoms with Crippen LogP contribution < -0.4 is 10.2 Å². The smallest absolute Gasteiger partial charge is 0.341 e. The predicted octanol–water partition coefficient (Wildman–Crippen LogP) is 3.70. The molecule has 0 unspecified atom stereocenters. The third kappa shape index (κ3) is 3.86. The van der Waals surface area contributed by atoms with Crippen molar-refractivity contribution in [2.45, 2.75) is 13.8 Å². The maximum Gasteiger partial charge on any atom is 0.341 e. The van der Waals surface area contributed by atoms with Crippen molar-refractivity contribution in [3.05, 3.63) is 53.9 Å². The summed E-state index contributed by atoms with van der Waals surface area (Å²) in [5.41, 5.74) is 3.84. The van der Waals surface area contributed by atoms with E-state index in [4.69, 9.17) is 9.47 Å². The molecule has 0 atom stereocenters. The number of morpholine rings is 1. The number of anilines is 3. The first-order chi connectivity index (χ1) is 14.2. The number of benzene rings is 1. The van der Waals surface area contributed by atoms with Gasteiger partial charge in [-0.2, -0.15) is 0 Å². The van der Waals surface area contributed by atoms with Gasteiger partial charge in [0.15, 0.2) is 5.82 Å². The minimum Gasteiger partial charge on any atom is -0.462 e. The summed E-state index contributed by atoms with van der Waals surface area (Å²) in [5, 5.41) is 4.27. The number of nitrogens with one attached hydrogen (secondary N) is 1. The lowest BCUT2D eigenvalue weighted by atomic mass is 10.1. The summed E-state index contributed by atoms with van der Waals surface area (Å²) in [6.45, 7) is 6.95. The Bertz CT molecular complexity index is 1030. The number of nitrogens with zero attached hydrogens (tertiary/aromatic N) is 3. The highest BCUT2D eigenvalue weighted by atomic mass is 16.5. The van der Waals surface area contributed by atoms with E-state index in [9.17, 15) is 4.79 Å².